The predicted octanol–water partition coefficient (Wildman–Crippen LogP) is 6.79. The molecule has 3 aromatic carbocycles. The van der Waals surface area contributed by atoms with Gasteiger partial charge in [0, 0.05) is 23.9 Å². The fourth-order valence-electron chi connectivity index (χ4n) is 4.74. The molecule has 1 unspecified atom stereocenters. The molecular weight excluding hydrogens is 442 g/mol. The van der Waals surface area contributed by atoms with Crippen LogP contribution in [0.4, 0.5) is 0 Å². The minimum Gasteiger partial charge on any atom is -0.337 e. The van der Waals surface area contributed by atoms with E-state index in [9.17, 15) is 4.79 Å². The summed E-state index contributed by atoms with van der Waals surface area (Å²) in [6.45, 7) is 4.12. The number of amides is 1. The fourth-order valence-corrected chi connectivity index (χ4v) is 5.07. The van der Waals surface area contributed by atoms with Gasteiger partial charge in [-0.05, 0) is 42.1 Å². The van der Waals surface area contributed by atoms with Gasteiger partial charge in [-0.3, -0.25) is 4.79 Å². The van der Waals surface area contributed by atoms with E-state index >= 15 is 0 Å². The number of halogens is 1. The van der Waals surface area contributed by atoms with Crippen LogP contribution in [0.1, 0.15) is 70.3 Å². The highest BCUT2D eigenvalue weighted by Gasteiger charge is 2.23. The Labute approximate surface area is 209 Å². The molecule has 0 aliphatic heterocycles. The zero-order valence-electron chi connectivity index (χ0n) is 20.6. The van der Waals surface area contributed by atoms with E-state index in [0.29, 0.717) is 19.5 Å². The average Bonchev–Trinajstić information content (AvgIpc) is 2.87. The predicted molar refractivity (Wildman–Crippen MR) is 146 cm³/mol. The van der Waals surface area contributed by atoms with Gasteiger partial charge in [0.15, 0.2) is 0 Å². The lowest BCUT2D eigenvalue weighted by Crippen LogP contribution is -2.44. The average molecular weight is 482 g/mol. The van der Waals surface area contributed by atoms with Crippen molar-refractivity contribution in [3.05, 3.63) is 59.1 Å². The van der Waals surface area contributed by atoms with Crippen LogP contribution in [0.5, 0.6) is 0 Å². The highest BCUT2D eigenvalue weighted by molar-refractivity contribution is 6.41. The van der Waals surface area contributed by atoms with Gasteiger partial charge >= 0.3 is 0 Å². The maximum absolute atomic E-state index is 13.5. The van der Waals surface area contributed by atoms with Crippen LogP contribution in [0, 0.1) is 0 Å². The highest BCUT2D eigenvalue weighted by Crippen LogP contribution is 2.36. The number of fused-ring (bicyclic) bond motifs is 2. The molecule has 0 heterocycles. The van der Waals surface area contributed by atoms with Crippen LogP contribution in [0.15, 0.2) is 48.5 Å². The van der Waals surface area contributed by atoms with Crippen LogP contribution in [-0.2, 0) is 11.3 Å². The molecule has 4 nitrogen and oxygen atoms in total. The summed E-state index contributed by atoms with van der Waals surface area (Å²) in [5.74, 6) is 0.0358. The Morgan fingerprint density at radius 1 is 0.853 bits per heavy atom. The standard InChI is InChI=1S/C29H40ClN3O/c1-2-3-4-5-6-13-20-33(29(34)27(32)18-11-12-19-31)21-26-22-14-7-9-16-24(22)28(30)25-17-10-8-15-23(25)26/h7-10,14-17,27H,2-6,11-13,18-21,31-32H2,1H3. The van der Waals surface area contributed by atoms with Gasteiger partial charge in [0.05, 0.1) is 11.1 Å². The highest BCUT2D eigenvalue weighted by atomic mass is 35.5. The molecule has 0 saturated heterocycles. The zero-order valence-corrected chi connectivity index (χ0v) is 21.3. The van der Waals surface area contributed by atoms with E-state index in [1.807, 2.05) is 29.2 Å². The first kappa shape index (κ1) is 26.5. The number of carbonyl (C=O) groups is 1. The first-order valence-corrected chi connectivity index (χ1v) is 13.3. The quantitative estimate of drug-likeness (QED) is 0.196. The Kier molecular flexibility index (Phi) is 10.6. The number of benzene rings is 3. The van der Waals surface area contributed by atoms with E-state index in [0.717, 1.165) is 64.4 Å². The van der Waals surface area contributed by atoms with Crippen molar-refractivity contribution < 1.29 is 4.79 Å². The number of carbonyl (C=O) groups excluding carboxylic acids is 1. The molecule has 0 fully saturated rings. The largest absolute Gasteiger partial charge is 0.337 e. The van der Waals surface area contributed by atoms with Gasteiger partial charge < -0.3 is 16.4 Å². The van der Waals surface area contributed by atoms with Crippen molar-refractivity contribution in [1.29, 1.82) is 0 Å². The molecular formula is C29H40ClN3O. The topological polar surface area (TPSA) is 72.3 Å². The molecule has 0 aromatic heterocycles. The van der Waals surface area contributed by atoms with Crippen molar-refractivity contribution in [2.45, 2.75) is 77.3 Å². The second-order valence-corrected chi connectivity index (χ2v) is 9.68. The van der Waals surface area contributed by atoms with Crippen LogP contribution in [0.2, 0.25) is 5.02 Å². The molecule has 5 heteroatoms. The van der Waals surface area contributed by atoms with Gasteiger partial charge in [0.1, 0.15) is 0 Å². The van der Waals surface area contributed by atoms with Gasteiger partial charge in [-0.25, -0.2) is 0 Å². The lowest BCUT2D eigenvalue weighted by molar-refractivity contribution is -0.133. The van der Waals surface area contributed by atoms with E-state index < -0.39 is 6.04 Å². The minimum atomic E-state index is -0.489. The van der Waals surface area contributed by atoms with Gasteiger partial charge in [-0.1, -0.05) is 106 Å². The van der Waals surface area contributed by atoms with Crippen LogP contribution in [0.25, 0.3) is 21.5 Å². The third-order valence-electron chi connectivity index (χ3n) is 6.71. The molecule has 0 aliphatic carbocycles. The Morgan fingerprint density at radius 2 is 1.41 bits per heavy atom. The molecule has 0 radical (unpaired) electrons. The summed E-state index contributed by atoms with van der Waals surface area (Å²) >= 11 is 6.80. The second kappa shape index (κ2) is 13.7. The van der Waals surface area contributed by atoms with E-state index in [1.165, 1.54) is 25.7 Å². The molecule has 0 bridgehead atoms. The molecule has 184 valence electrons. The number of rotatable bonds is 14. The van der Waals surface area contributed by atoms with Crippen LogP contribution >= 0.6 is 11.6 Å². The molecule has 0 aliphatic rings. The van der Waals surface area contributed by atoms with Crippen LogP contribution in [0.3, 0.4) is 0 Å². The van der Waals surface area contributed by atoms with Gasteiger partial charge in [0.25, 0.3) is 0 Å². The minimum absolute atomic E-state index is 0.0358. The number of nitrogens with two attached hydrogens (primary N) is 2. The fraction of sp³-hybridized carbons (Fsp3) is 0.483. The van der Waals surface area contributed by atoms with Gasteiger partial charge in [0.2, 0.25) is 5.91 Å². The molecule has 3 aromatic rings. The second-order valence-electron chi connectivity index (χ2n) is 9.30. The number of unbranched alkanes of at least 4 members (excludes halogenated alkanes) is 6. The first-order valence-electron chi connectivity index (χ1n) is 12.9. The monoisotopic (exact) mass is 481 g/mol. The van der Waals surface area contributed by atoms with Crippen molar-refractivity contribution >= 4 is 39.1 Å². The van der Waals surface area contributed by atoms with Crippen LogP contribution < -0.4 is 11.5 Å². The summed E-state index contributed by atoms with van der Waals surface area (Å²) in [7, 11) is 0. The SMILES string of the molecule is CCCCCCCCN(Cc1c2ccccc2c(Cl)c2ccccc12)C(=O)C(N)CCCCN. The molecule has 1 amide bonds. The summed E-state index contributed by atoms with van der Waals surface area (Å²) in [4.78, 5) is 15.5. The summed E-state index contributed by atoms with van der Waals surface area (Å²) in [5.41, 5.74) is 13.2. The van der Waals surface area contributed by atoms with E-state index in [1.54, 1.807) is 0 Å². The lowest BCUT2D eigenvalue weighted by atomic mass is 9.95. The lowest BCUT2D eigenvalue weighted by Gasteiger charge is -2.27. The first-order chi connectivity index (χ1) is 16.6. The van der Waals surface area contributed by atoms with E-state index in [2.05, 4.69) is 31.2 Å². The Balaban J connectivity index is 1.90. The third-order valence-corrected chi connectivity index (χ3v) is 7.11. The summed E-state index contributed by atoms with van der Waals surface area (Å²) in [5, 5.41) is 5.02. The number of hydrogen-bond acceptors (Lipinski definition) is 3. The maximum atomic E-state index is 13.5. The van der Waals surface area contributed by atoms with Crippen molar-refractivity contribution in [1.82, 2.24) is 4.90 Å². The molecule has 4 N–H and O–H groups in total. The number of hydrogen-bond donors (Lipinski definition) is 2. The Bertz CT molecular complexity index is 1010. The van der Waals surface area contributed by atoms with Crippen LogP contribution in [-0.4, -0.2) is 29.9 Å². The van der Waals surface area contributed by atoms with E-state index in [4.69, 9.17) is 23.1 Å². The normalized spacial score (nSPS) is 12.4. The summed E-state index contributed by atoms with van der Waals surface area (Å²) in [6, 6.07) is 16.0. The Hall–Kier alpha value is -2.14. The van der Waals surface area contributed by atoms with Gasteiger partial charge in [-0.15, -0.1) is 0 Å². The third kappa shape index (κ3) is 6.71. The maximum Gasteiger partial charge on any atom is 0.239 e. The van der Waals surface area contributed by atoms with Crippen molar-refractivity contribution in [3.63, 3.8) is 0 Å². The molecule has 1 atom stereocenters. The molecule has 34 heavy (non-hydrogen) atoms. The van der Waals surface area contributed by atoms with Crippen molar-refractivity contribution in [2.75, 3.05) is 13.1 Å². The summed E-state index contributed by atoms with van der Waals surface area (Å²) < 4.78 is 0. The van der Waals surface area contributed by atoms with Crippen molar-refractivity contribution in [3.8, 4) is 0 Å². The Morgan fingerprint density at radius 3 is 2.00 bits per heavy atom. The van der Waals surface area contributed by atoms with Gasteiger partial charge in [-0.2, -0.15) is 0 Å². The van der Waals surface area contributed by atoms with E-state index in [-0.39, 0.29) is 5.91 Å². The zero-order chi connectivity index (χ0) is 24.3. The summed E-state index contributed by atoms with van der Waals surface area (Å²) in [6.07, 6.45) is 9.55. The molecule has 3 rings (SSSR count). The smallest absolute Gasteiger partial charge is 0.239 e. The number of nitrogens with zero attached hydrogens (tertiary/aromatic N) is 1. The van der Waals surface area contributed by atoms with Crippen molar-refractivity contribution in [2.24, 2.45) is 11.5 Å². The molecule has 0 spiro atoms. The molecule has 0 saturated carbocycles.